The van der Waals surface area contributed by atoms with E-state index in [1.165, 1.54) is 5.56 Å². The van der Waals surface area contributed by atoms with Gasteiger partial charge in [-0.3, -0.25) is 4.90 Å². The van der Waals surface area contributed by atoms with Crippen LogP contribution in [0.15, 0.2) is 24.3 Å². The van der Waals surface area contributed by atoms with E-state index in [0.29, 0.717) is 32.8 Å². The predicted molar refractivity (Wildman–Crippen MR) is 115 cm³/mol. The molecule has 1 aromatic carbocycles. The second kappa shape index (κ2) is 11.9. The van der Waals surface area contributed by atoms with Crippen molar-refractivity contribution < 1.29 is 13.2 Å². The molecule has 1 fully saturated rings. The van der Waals surface area contributed by atoms with Crippen LogP contribution in [0.1, 0.15) is 56.7 Å². The van der Waals surface area contributed by atoms with E-state index in [1.54, 1.807) is 4.31 Å². The minimum absolute atomic E-state index is 0.0125. The van der Waals surface area contributed by atoms with Gasteiger partial charge in [0.2, 0.25) is 0 Å². The highest BCUT2D eigenvalue weighted by atomic mass is 32.2. The van der Waals surface area contributed by atoms with E-state index in [0.717, 1.165) is 44.3 Å². The summed E-state index contributed by atoms with van der Waals surface area (Å²) in [7, 11) is -3.49. The lowest BCUT2D eigenvalue weighted by Gasteiger charge is -2.35. The van der Waals surface area contributed by atoms with E-state index in [2.05, 4.69) is 54.7 Å². The van der Waals surface area contributed by atoms with E-state index in [9.17, 15) is 8.42 Å². The Morgan fingerprint density at radius 1 is 1.07 bits per heavy atom. The summed E-state index contributed by atoms with van der Waals surface area (Å²) in [6, 6.07) is 8.40. The third-order valence-electron chi connectivity index (χ3n) is 5.27. The summed E-state index contributed by atoms with van der Waals surface area (Å²) in [6.45, 7) is 10.8. The first-order valence-corrected chi connectivity index (χ1v) is 12.0. The maximum absolute atomic E-state index is 13.0. The van der Waals surface area contributed by atoms with Crippen molar-refractivity contribution in [3.8, 4) is 0 Å². The summed E-state index contributed by atoms with van der Waals surface area (Å²) in [4.78, 5) is 2.32. The van der Waals surface area contributed by atoms with E-state index in [-0.39, 0.29) is 6.04 Å². The number of morpholine rings is 1. The molecule has 28 heavy (non-hydrogen) atoms. The van der Waals surface area contributed by atoms with Gasteiger partial charge in [0, 0.05) is 38.8 Å². The Morgan fingerprint density at radius 2 is 1.64 bits per heavy atom. The quantitative estimate of drug-likeness (QED) is 0.574. The lowest BCUT2D eigenvalue weighted by atomic mass is 10.0. The summed E-state index contributed by atoms with van der Waals surface area (Å²) in [6.07, 6.45) is 3.74. The molecule has 0 spiro atoms. The number of benzene rings is 1. The third-order valence-corrected chi connectivity index (χ3v) is 6.85. The first kappa shape index (κ1) is 23.3. The number of rotatable bonds is 12. The lowest BCUT2D eigenvalue weighted by Crippen LogP contribution is -2.47. The van der Waals surface area contributed by atoms with Crippen LogP contribution in [0.3, 0.4) is 0 Å². The number of hydrogen-bond acceptors (Lipinski definition) is 4. The van der Waals surface area contributed by atoms with Crippen LogP contribution in [0.25, 0.3) is 0 Å². The van der Waals surface area contributed by atoms with Gasteiger partial charge in [0.05, 0.1) is 13.2 Å². The third kappa shape index (κ3) is 7.12. The Kier molecular flexibility index (Phi) is 9.88. The average Bonchev–Trinajstić information content (AvgIpc) is 2.70. The molecule has 160 valence electrons. The normalized spacial score (nSPS) is 17.1. The molecule has 1 N–H and O–H groups in total. The van der Waals surface area contributed by atoms with Crippen molar-refractivity contribution in [1.29, 1.82) is 0 Å². The molecule has 2 rings (SSSR count). The maximum Gasteiger partial charge on any atom is 0.279 e. The molecular weight excluding hydrogens is 374 g/mol. The van der Waals surface area contributed by atoms with Crippen LogP contribution in [0.2, 0.25) is 0 Å². The molecule has 0 bridgehead atoms. The van der Waals surface area contributed by atoms with Crippen molar-refractivity contribution in [3.63, 3.8) is 0 Å². The first-order valence-electron chi connectivity index (χ1n) is 10.6. The molecule has 0 amide bonds. The van der Waals surface area contributed by atoms with E-state index in [4.69, 9.17) is 4.74 Å². The van der Waals surface area contributed by atoms with Gasteiger partial charge in [-0.2, -0.15) is 12.7 Å². The molecule has 1 atom stereocenters. The molecule has 7 heteroatoms. The highest BCUT2D eigenvalue weighted by Gasteiger charge is 2.27. The Morgan fingerprint density at radius 3 is 2.18 bits per heavy atom. The van der Waals surface area contributed by atoms with Gasteiger partial charge in [-0.1, -0.05) is 56.5 Å². The standard InChI is InChI=1S/C21H37N3O3S/c1-4-6-12-24(13-7-5-2)28(25,26)22-18-21(23-14-16-27-17-15-23)20-10-8-19(3)9-11-20/h8-11,21-22H,4-7,12-18H2,1-3H3/t21-/m0/s1. The zero-order valence-corrected chi connectivity index (χ0v) is 18.5. The summed E-state index contributed by atoms with van der Waals surface area (Å²) >= 11 is 0. The Bertz CT molecular complexity index is 650. The highest BCUT2D eigenvalue weighted by molar-refractivity contribution is 7.87. The summed E-state index contributed by atoms with van der Waals surface area (Å²) in [5.41, 5.74) is 2.35. The van der Waals surface area contributed by atoms with Gasteiger partial charge >= 0.3 is 0 Å². The molecule has 0 unspecified atom stereocenters. The van der Waals surface area contributed by atoms with Crippen molar-refractivity contribution in [3.05, 3.63) is 35.4 Å². The summed E-state index contributed by atoms with van der Waals surface area (Å²) in [5.74, 6) is 0. The topological polar surface area (TPSA) is 61.9 Å². The van der Waals surface area contributed by atoms with Crippen LogP contribution in [0.4, 0.5) is 0 Å². The molecule has 0 saturated carbocycles. The SMILES string of the molecule is CCCCN(CCCC)S(=O)(=O)NC[C@@H](c1ccc(C)cc1)N1CCOCC1. The molecule has 0 aliphatic carbocycles. The average molecular weight is 412 g/mol. The van der Waals surface area contributed by atoms with Crippen LogP contribution in [0.5, 0.6) is 0 Å². The molecule has 0 aromatic heterocycles. The maximum atomic E-state index is 13.0. The fraction of sp³-hybridized carbons (Fsp3) is 0.714. The number of nitrogens with zero attached hydrogens (tertiary/aromatic N) is 2. The zero-order valence-electron chi connectivity index (χ0n) is 17.7. The van der Waals surface area contributed by atoms with Crippen LogP contribution in [0, 0.1) is 6.92 Å². The first-order chi connectivity index (χ1) is 13.5. The number of nitrogens with one attached hydrogen (secondary N) is 1. The van der Waals surface area contributed by atoms with Crippen molar-refractivity contribution in [2.24, 2.45) is 0 Å². The summed E-state index contributed by atoms with van der Waals surface area (Å²) in [5, 5.41) is 0. The van der Waals surface area contributed by atoms with Crippen molar-refractivity contribution >= 4 is 10.2 Å². The van der Waals surface area contributed by atoms with Crippen LogP contribution in [-0.2, 0) is 14.9 Å². The van der Waals surface area contributed by atoms with Crippen LogP contribution in [-0.4, -0.2) is 63.6 Å². The number of hydrogen-bond donors (Lipinski definition) is 1. The molecule has 1 aliphatic heterocycles. The molecule has 1 aromatic rings. The second-order valence-electron chi connectivity index (χ2n) is 7.53. The molecule has 1 heterocycles. The largest absolute Gasteiger partial charge is 0.379 e. The molecule has 1 saturated heterocycles. The van der Waals surface area contributed by atoms with Crippen molar-refractivity contribution in [2.45, 2.75) is 52.5 Å². The number of aryl methyl sites for hydroxylation is 1. The second-order valence-corrected chi connectivity index (χ2v) is 9.29. The van der Waals surface area contributed by atoms with E-state index >= 15 is 0 Å². The fourth-order valence-electron chi connectivity index (χ4n) is 3.43. The minimum Gasteiger partial charge on any atom is -0.379 e. The molecular formula is C21H37N3O3S. The van der Waals surface area contributed by atoms with Gasteiger partial charge in [0.1, 0.15) is 0 Å². The van der Waals surface area contributed by atoms with Gasteiger partial charge in [-0.15, -0.1) is 0 Å². The molecule has 6 nitrogen and oxygen atoms in total. The Hall–Kier alpha value is -0.990. The fourth-order valence-corrected chi connectivity index (χ4v) is 4.72. The van der Waals surface area contributed by atoms with Gasteiger partial charge in [-0.25, -0.2) is 4.72 Å². The Labute approximate surface area is 171 Å². The van der Waals surface area contributed by atoms with Crippen LogP contribution < -0.4 is 4.72 Å². The van der Waals surface area contributed by atoms with Crippen molar-refractivity contribution in [1.82, 2.24) is 13.9 Å². The number of unbranched alkanes of at least 4 members (excludes halogenated alkanes) is 2. The van der Waals surface area contributed by atoms with Crippen molar-refractivity contribution in [2.75, 3.05) is 45.9 Å². The van der Waals surface area contributed by atoms with E-state index < -0.39 is 10.2 Å². The van der Waals surface area contributed by atoms with Gasteiger partial charge in [0.25, 0.3) is 10.2 Å². The lowest BCUT2D eigenvalue weighted by molar-refractivity contribution is 0.0171. The minimum atomic E-state index is -3.49. The predicted octanol–water partition coefficient (Wildman–Crippen LogP) is 3.10. The highest BCUT2D eigenvalue weighted by Crippen LogP contribution is 2.22. The number of ether oxygens (including phenoxy) is 1. The summed E-state index contributed by atoms with van der Waals surface area (Å²) < 4.78 is 36.0. The van der Waals surface area contributed by atoms with Gasteiger partial charge in [0.15, 0.2) is 0 Å². The van der Waals surface area contributed by atoms with Crippen LogP contribution >= 0.6 is 0 Å². The zero-order chi connectivity index (χ0) is 20.4. The monoisotopic (exact) mass is 411 g/mol. The van der Waals surface area contributed by atoms with E-state index in [1.807, 2.05) is 0 Å². The smallest absolute Gasteiger partial charge is 0.279 e. The van der Waals surface area contributed by atoms with Gasteiger partial charge < -0.3 is 4.74 Å². The molecule has 0 radical (unpaired) electrons. The van der Waals surface area contributed by atoms with Gasteiger partial charge in [-0.05, 0) is 25.3 Å². The Balaban J connectivity index is 2.11. The molecule has 1 aliphatic rings.